The summed E-state index contributed by atoms with van der Waals surface area (Å²) in [7, 11) is 0. The van der Waals surface area contributed by atoms with Crippen LogP contribution in [0.1, 0.15) is 6.42 Å². The lowest BCUT2D eigenvalue weighted by atomic mass is 10.2. The number of aliphatic carboxylic acids is 1. The smallest absolute Gasteiger partial charge is 0.312 e. The van der Waals surface area contributed by atoms with Crippen LogP contribution < -0.4 is 14.8 Å². The molecule has 2 rings (SSSR count). The minimum absolute atomic E-state index is 0.155. The summed E-state index contributed by atoms with van der Waals surface area (Å²) in [4.78, 5) is 21.4. The third-order valence-corrected chi connectivity index (χ3v) is 1.97. The predicted molar refractivity (Wildman–Crippen MR) is 53.4 cm³/mol. The second-order valence-electron chi connectivity index (χ2n) is 3.19. The van der Waals surface area contributed by atoms with Gasteiger partial charge in [-0.15, -0.1) is 0 Å². The Labute approximate surface area is 90.8 Å². The Morgan fingerprint density at radius 2 is 2.06 bits per heavy atom. The Balaban J connectivity index is 2.05. The number of amides is 1. The third kappa shape index (κ3) is 2.22. The van der Waals surface area contributed by atoms with Crippen LogP contribution in [-0.2, 0) is 9.59 Å². The van der Waals surface area contributed by atoms with Crippen molar-refractivity contribution >= 4 is 17.6 Å². The minimum atomic E-state index is -1.17. The summed E-state index contributed by atoms with van der Waals surface area (Å²) in [6.07, 6.45) is -0.561. The van der Waals surface area contributed by atoms with Crippen LogP contribution in [0.4, 0.5) is 5.69 Å². The van der Waals surface area contributed by atoms with E-state index in [2.05, 4.69) is 5.32 Å². The SMILES string of the molecule is O=C(O)CC(=O)Nc1ccc2c(c1)OCO2. The van der Waals surface area contributed by atoms with Gasteiger partial charge in [0.05, 0.1) is 0 Å². The van der Waals surface area contributed by atoms with Crippen LogP contribution in [0.15, 0.2) is 18.2 Å². The molecule has 6 heteroatoms. The molecule has 2 N–H and O–H groups in total. The molecule has 0 saturated heterocycles. The van der Waals surface area contributed by atoms with Crippen molar-refractivity contribution in [2.45, 2.75) is 6.42 Å². The van der Waals surface area contributed by atoms with Gasteiger partial charge < -0.3 is 19.9 Å². The normalized spacial score (nSPS) is 12.2. The molecule has 1 aliphatic rings. The Bertz CT molecular complexity index is 443. The zero-order chi connectivity index (χ0) is 11.5. The van der Waals surface area contributed by atoms with Crippen molar-refractivity contribution in [2.75, 3.05) is 12.1 Å². The van der Waals surface area contributed by atoms with Gasteiger partial charge in [0, 0.05) is 11.8 Å². The Hall–Kier alpha value is -2.24. The van der Waals surface area contributed by atoms with Crippen molar-refractivity contribution in [3.8, 4) is 11.5 Å². The molecular weight excluding hydrogens is 214 g/mol. The molecular formula is C10H9NO5. The number of carboxylic acid groups (broad SMARTS) is 1. The van der Waals surface area contributed by atoms with Gasteiger partial charge in [0.15, 0.2) is 11.5 Å². The maximum atomic E-state index is 11.2. The average molecular weight is 223 g/mol. The van der Waals surface area contributed by atoms with E-state index in [1.54, 1.807) is 18.2 Å². The fourth-order valence-electron chi connectivity index (χ4n) is 1.32. The van der Waals surface area contributed by atoms with Gasteiger partial charge >= 0.3 is 5.97 Å². The van der Waals surface area contributed by atoms with Crippen LogP contribution in [0.2, 0.25) is 0 Å². The Morgan fingerprint density at radius 3 is 2.81 bits per heavy atom. The summed E-state index contributed by atoms with van der Waals surface area (Å²) in [5, 5.41) is 10.9. The van der Waals surface area contributed by atoms with E-state index in [1.807, 2.05) is 0 Å². The maximum Gasteiger partial charge on any atom is 0.312 e. The highest BCUT2D eigenvalue weighted by molar-refractivity contribution is 6.01. The van der Waals surface area contributed by atoms with E-state index in [9.17, 15) is 9.59 Å². The highest BCUT2D eigenvalue weighted by atomic mass is 16.7. The number of anilines is 1. The van der Waals surface area contributed by atoms with Gasteiger partial charge in [-0.05, 0) is 12.1 Å². The second kappa shape index (κ2) is 4.09. The summed E-state index contributed by atoms with van der Waals surface area (Å²) in [5.74, 6) is -0.603. The number of carboxylic acids is 1. The number of ether oxygens (including phenoxy) is 2. The topological polar surface area (TPSA) is 84.9 Å². The molecule has 84 valence electrons. The molecule has 0 aliphatic carbocycles. The first-order chi connectivity index (χ1) is 7.65. The molecule has 0 spiro atoms. The molecule has 1 aliphatic heterocycles. The number of nitrogens with one attached hydrogen (secondary N) is 1. The zero-order valence-corrected chi connectivity index (χ0v) is 8.23. The van der Waals surface area contributed by atoms with Crippen LogP contribution in [0.5, 0.6) is 11.5 Å². The molecule has 0 radical (unpaired) electrons. The monoisotopic (exact) mass is 223 g/mol. The van der Waals surface area contributed by atoms with Crippen molar-refractivity contribution in [3.05, 3.63) is 18.2 Å². The Morgan fingerprint density at radius 1 is 1.31 bits per heavy atom. The maximum absolute atomic E-state index is 11.2. The summed E-state index contributed by atoms with van der Waals surface area (Å²) in [5.41, 5.74) is 0.482. The number of carbonyl (C=O) groups excluding carboxylic acids is 1. The molecule has 6 nitrogen and oxygen atoms in total. The van der Waals surface area contributed by atoms with E-state index in [4.69, 9.17) is 14.6 Å². The van der Waals surface area contributed by atoms with Gasteiger partial charge in [-0.3, -0.25) is 9.59 Å². The molecule has 0 fully saturated rings. The molecule has 0 unspecified atom stereocenters. The molecule has 1 amide bonds. The van der Waals surface area contributed by atoms with Crippen molar-refractivity contribution < 1.29 is 24.2 Å². The van der Waals surface area contributed by atoms with Crippen LogP contribution in [0.3, 0.4) is 0 Å². The molecule has 0 bridgehead atoms. The molecule has 1 heterocycles. The van der Waals surface area contributed by atoms with Crippen molar-refractivity contribution in [1.82, 2.24) is 0 Å². The first-order valence-corrected chi connectivity index (χ1v) is 4.56. The second-order valence-corrected chi connectivity index (χ2v) is 3.19. The van der Waals surface area contributed by atoms with Gasteiger partial charge in [-0.2, -0.15) is 0 Å². The van der Waals surface area contributed by atoms with Crippen molar-refractivity contribution in [2.24, 2.45) is 0 Å². The zero-order valence-electron chi connectivity index (χ0n) is 8.23. The van der Waals surface area contributed by atoms with Gasteiger partial charge in [0.25, 0.3) is 0 Å². The summed E-state index contributed by atoms with van der Waals surface area (Å²) >= 11 is 0. The first kappa shape index (κ1) is 10.3. The van der Waals surface area contributed by atoms with E-state index in [1.165, 1.54) is 0 Å². The van der Waals surface area contributed by atoms with E-state index in [-0.39, 0.29) is 6.79 Å². The van der Waals surface area contributed by atoms with Crippen LogP contribution in [-0.4, -0.2) is 23.8 Å². The summed E-state index contributed by atoms with van der Waals surface area (Å²) < 4.78 is 10.2. The lowest BCUT2D eigenvalue weighted by Gasteiger charge is -2.04. The largest absolute Gasteiger partial charge is 0.481 e. The predicted octanol–water partition coefficient (Wildman–Crippen LogP) is 0.829. The van der Waals surface area contributed by atoms with Crippen molar-refractivity contribution in [1.29, 1.82) is 0 Å². The first-order valence-electron chi connectivity index (χ1n) is 4.56. The number of carbonyl (C=O) groups is 2. The molecule has 16 heavy (non-hydrogen) atoms. The minimum Gasteiger partial charge on any atom is -0.481 e. The van der Waals surface area contributed by atoms with Gasteiger partial charge in [-0.1, -0.05) is 0 Å². The van der Waals surface area contributed by atoms with E-state index in [0.717, 1.165) is 0 Å². The van der Waals surface area contributed by atoms with Crippen LogP contribution in [0.25, 0.3) is 0 Å². The fraction of sp³-hybridized carbons (Fsp3) is 0.200. The molecule has 0 aromatic heterocycles. The molecule has 0 saturated carbocycles. The quantitative estimate of drug-likeness (QED) is 0.741. The van der Waals surface area contributed by atoms with Gasteiger partial charge in [0.2, 0.25) is 12.7 Å². The van der Waals surface area contributed by atoms with E-state index in [0.29, 0.717) is 17.2 Å². The van der Waals surface area contributed by atoms with Gasteiger partial charge in [0.1, 0.15) is 6.42 Å². The van der Waals surface area contributed by atoms with Crippen LogP contribution >= 0.6 is 0 Å². The van der Waals surface area contributed by atoms with Crippen molar-refractivity contribution in [3.63, 3.8) is 0 Å². The molecule has 1 aromatic carbocycles. The number of benzene rings is 1. The standard InChI is InChI=1S/C10H9NO5/c12-9(4-10(13)14)11-6-1-2-7-8(3-6)16-5-15-7/h1-3H,4-5H2,(H,11,12)(H,13,14). The number of hydrogen-bond acceptors (Lipinski definition) is 4. The molecule has 0 atom stereocenters. The van der Waals surface area contributed by atoms with E-state index < -0.39 is 18.3 Å². The summed E-state index contributed by atoms with van der Waals surface area (Å²) in [6, 6.07) is 4.86. The average Bonchev–Trinajstić information content (AvgIpc) is 2.63. The number of hydrogen-bond donors (Lipinski definition) is 2. The highest BCUT2D eigenvalue weighted by Gasteiger charge is 2.14. The van der Waals surface area contributed by atoms with Gasteiger partial charge in [-0.25, -0.2) is 0 Å². The number of fused-ring (bicyclic) bond motifs is 1. The van der Waals surface area contributed by atoms with E-state index >= 15 is 0 Å². The summed E-state index contributed by atoms with van der Waals surface area (Å²) in [6.45, 7) is 0.155. The third-order valence-electron chi connectivity index (χ3n) is 1.97. The van der Waals surface area contributed by atoms with Crippen LogP contribution in [0, 0.1) is 0 Å². The molecule has 1 aromatic rings. The highest BCUT2D eigenvalue weighted by Crippen LogP contribution is 2.34. The lowest BCUT2D eigenvalue weighted by Crippen LogP contribution is -2.15. The number of rotatable bonds is 3. The lowest BCUT2D eigenvalue weighted by molar-refractivity contribution is -0.139. The Kier molecular flexibility index (Phi) is 2.63. The fourth-order valence-corrected chi connectivity index (χ4v) is 1.32.